The molecule has 16 rings (SSSR count). The van der Waals surface area contributed by atoms with E-state index in [9.17, 15) is 5.48 Å². The van der Waals surface area contributed by atoms with Gasteiger partial charge in [0.25, 0.3) is 0 Å². The maximum absolute atomic E-state index is 9.68. The Balaban J connectivity index is 0.000000163. The third-order valence-electron chi connectivity index (χ3n) is 15.8. The van der Waals surface area contributed by atoms with Crippen LogP contribution in [-0.4, -0.2) is 9.13 Å². The summed E-state index contributed by atoms with van der Waals surface area (Å²) in [6.07, 6.45) is 0. The molecule has 16 aromatic rings. The summed E-state index contributed by atoms with van der Waals surface area (Å²) in [6, 6.07) is 90.3. The Labute approximate surface area is 530 Å². The largest absolute Gasteiger partial charge is 0.310 e. The predicted octanol–water partition coefficient (Wildman–Crippen LogP) is 23.2. The normalized spacial score (nSPS) is 13.1. The van der Waals surface area contributed by atoms with Gasteiger partial charge in [0.1, 0.15) is 0 Å². The molecule has 0 fully saturated rings. The number of nitrogens with zero attached hydrogens (tertiary/aromatic N) is 4. The van der Waals surface area contributed by atoms with Gasteiger partial charge in [0.05, 0.1) is 38.5 Å². The molecule has 0 saturated carbocycles. The van der Waals surface area contributed by atoms with E-state index in [2.05, 4.69) is 45.5 Å². The number of hydrogen-bond donors (Lipinski definition) is 0. The highest BCUT2D eigenvalue weighted by molar-refractivity contribution is 6.12. The third kappa shape index (κ3) is 10.4. The van der Waals surface area contributed by atoms with Crippen LogP contribution in [0.3, 0.4) is 0 Å². The van der Waals surface area contributed by atoms with Crippen LogP contribution in [0.25, 0.3) is 99.5 Å². The fraction of sp³-hybridized carbons (Fsp3) is 0. The van der Waals surface area contributed by atoms with Gasteiger partial charge in [0.15, 0.2) is 0 Å². The van der Waals surface area contributed by atoms with Crippen LogP contribution in [0.5, 0.6) is 0 Å². The van der Waals surface area contributed by atoms with Gasteiger partial charge in [0, 0.05) is 67.0 Å². The number of benzene rings is 14. The highest BCUT2D eigenvalue weighted by Gasteiger charge is 2.19. The summed E-state index contributed by atoms with van der Waals surface area (Å²) in [5, 5.41) is 3.91. The first-order valence-electron chi connectivity index (χ1n) is 35.1. The van der Waals surface area contributed by atoms with Crippen molar-refractivity contribution < 1.29 is 16.4 Å². The minimum Gasteiger partial charge on any atom is -0.310 e. The molecule has 416 valence electrons. The summed E-state index contributed by atoms with van der Waals surface area (Å²) >= 11 is 0. The summed E-state index contributed by atoms with van der Waals surface area (Å²) in [4.78, 5) is 3.28. The molecule has 0 saturated heterocycles. The molecular weight excluding hydrogens is 1060 g/mol. The van der Waals surface area contributed by atoms with Crippen molar-refractivity contribution in [2.45, 2.75) is 0 Å². The minimum absolute atomic E-state index is 0.0288. The Hall–Kier alpha value is -11.7. The first-order valence-corrected chi connectivity index (χ1v) is 29.1. The van der Waals surface area contributed by atoms with Gasteiger partial charge in [-0.25, -0.2) is 0 Å². The molecule has 0 unspecified atom stereocenters. The zero-order valence-corrected chi connectivity index (χ0v) is 47.5. The van der Waals surface area contributed by atoms with Crippen molar-refractivity contribution in [1.82, 2.24) is 9.13 Å². The van der Waals surface area contributed by atoms with E-state index in [1.54, 1.807) is 54.6 Å². The summed E-state index contributed by atoms with van der Waals surface area (Å²) in [5.41, 5.74) is 12.3. The molecule has 0 spiro atoms. The zero-order chi connectivity index (χ0) is 69.0. The Morgan fingerprint density at radius 3 is 0.977 bits per heavy atom. The maximum atomic E-state index is 9.68. The fourth-order valence-electron chi connectivity index (χ4n) is 11.7. The van der Waals surface area contributed by atoms with Crippen molar-refractivity contribution in [2.24, 2.45) is 0 Å². The highest BCUT2D eigenvalue weighted by Crippen LogP contribution is 2.43. The Morgan fingerprint density at radius 1 is 0.216 bits per heavy atom. The van der Waals surface area contributed by atoms with Crippen molar-refractivity contribution in [3.8, 4) is 55.9 Å². The van der Waals surface area contributed by atoms with Crippen LogP contribution in [0.2, 0.25) is 0 Å². The van der Waals surface area contributed by atoms with Gasteiger partial charge in [0.2, 0.25) is 0 Å². The van der Waals surface area contributed by atoms with Gasteiger partial charge in [-0.05, 0) is 178 Å². The third-order valence-corrected chi connectivity index (χ3v) is 15.8. The molecule has 0 radical (unpaired) electrons. The number of anilines is 6. The second-order valence-electron chi connectivity index (χ2n) is 21.1. The molecule has 2 aromatic heterocycles. The topological polar surface area (TPSA) is 16.3 Å². The number of fused-ring (bicyclic) bond motifs is 6. The Morgan fingerprint density at radius 2 is 0.534 bits per heavy atom. The summed E-state index contributed by atoms with van der Waals surface area (Å²) in [6.45, 7) is 0. The lowest BCUT2D eigenvalue weighted by Crippen LogP contribution is -2.10. The molecule has 0 N–H and O–H groups in total. The molecule has 0 aliphatic rings. The van der Waals surface area contributed by atoms with Gasteiger partial charge in [-0.3, -0.25) is 0 Å². The average Bonchev–Trinajstić information content (AvgIpc) is 1.13. The number of rotatable bonds is 12. The smallest absolute Gasteiger partial charge is 0.0651 e. The van der Waals surface area contributed by atoms with Gasteiger partial charge in [-0.2, -0.15) is 0 Å². The molecule has 0 atom stereocenters. The molecule has 0 aliphatic carbocycles. The van der Waals surface area contributed by atoms with E-state index in [-0.39, 0.29) is 76.5 Å². The van der Waals surface area contributed by atoms with Crippen molar-refractivity contribution in [3.63, 3.8) is 0 Å². The van der Waals surface area contributed by atoms with E-state index in [0.717, 1.165) is 77.5 Å². The molecule has 4 heteroatoms. The first kappa shape index (κ1) is 41.3. The monoisotopic (exact) mass is 1140 g/mol. The van der Waals surface area contributed by atoms with Gasteiger partial charge in [-0.1, -0.05) is 230 Å². The van der Waals surface area contributed by atoms with Crippen LogP contribution in [0.15, 0.2) is 364 Å². The van der Waals surface area contributed by atoms with E-state index in [4.69, 9.17) is 11.0 Å². The zero-order valence-electron chi connectivity index (χ0n) is 59.5. The molecule has 0 bridgehead atoms. The van der Waals surface area contributed by atoms with Crippen LogP contribution in [0, 0.1) is 0 Å². The van der Waals surface area contributed by atoms with Crippen molar-refractivity contribution in [3.05, 3.63) is 364 Å². The molecule has 88 heavy (non-hydrogen) atoms. The summed E-state index contributed by atoms with van der Waals surface area (Å²) in [7, 11) is 0. The molecular formula is C84H60N4. The van der Waals surface area contributed by atoms with Crippen LogP contribution in [0.1, 0.15) is 16.4 Å². The molecule has 2 heterocycles. The Kier molecular flexibility index (Phi) is 11.1. The minimum atomic E-state index is -0.425. The van der Waals surface area contributed by atoms with E-state index in [1.807, 2.05) is 205 Å². The molecule has 14 aromatic carbocycles. The second kappa shape index (κ2) is 23.7. The van der Waals surface area contributed by atoms with Crippen LogP contribution in [0.4, 0.5) is 34.1 Å². The second-order valence-corrected chi connectivity index (χ2v) is 21.1. The lowest BCUT2D eigenvalue weighted by Gasteiger charge is -2.26. The van der Waals surface area contributed by atoms with Crippen molar-refractivity contribution in [1.29, 1.82) is 0 Å². The molecule has 0 aliphatic heterocycles. The summed E-state index contributed by atoms with van der Waals surface area (Å²) in [5.74, 6) is 0. The van der Waals surface area contributed by atoms with Crippen molar-refractivity contribution >= 4 is 77.7 Å². The maximum Gasteiger partial charge on any atom is 0.0651 e. The van der Waals surface area contributed by atoms with Gasteiger partial charge < -0.3 is 18.9 Å². The quantitative estimate of drug-likeness (QED) is 0.121. The lowest BCUT2D eigenvalue weighted by atomic mass is 10.0. The molecule has 0 amide bonds. The van der Waals surface area contributed by atoms with E-state index in [0.29, 0.717) is 27.9 Å². The average molecular weight is 1140 g/mol. The van der Waals surface area contributed by atoms with Crippen LogP contribution >= 0.6 is 0 Å². The van der Waals surface area contributed by atoms with Gasteiger partial charge >= 0.3 is 0 Å². The van der Waals surface area contributed by atoms with Crippen LogP contribution in [-0.2, 0) is 0 Å². The number of aromatic nitrogens is 2. The predicted molar refractivity (Wildman–Crippen MR) is 373 cm³/mol. The van der Waals surface area contributed by atoms with E-state index >= 15 is 0 Å². The summed E-state index contributed by atoms with van der Waals surface area (Å²) < 4.78 is 114. The highest BCUT2D eigenvalue weighted by atomic mass is 15.1. The van der Waals surface area contributed by atoms with Gasteiger partial charge in [-0.15, -0.1) is 0 Å². The van der Waals surface area contributed by atoms with Crippen LogP contribution < -0.4 is 9.80 Å². The lowest BCUT2D eigenvalue weighted by molar-refractivity contribution is 1.18. The number of para-hydroxylation sites is 6. The van der Waals surface area contributed by atoms with E-state index in [1.165, 1.54) is 4.90 Å². The first-order chi connectivity index (χ1) is 48.7. The molecule has 4 nitrogen and oxygen atoms in total. The Bertz CT molecular complexity index is 5820. The van der Waals surface area contributed by atoms with Crippen molar-refractivity contribution in [2.75, 3.05) is 9.80 Å². The standard InChI is InChI=1S/2C42H30N2/c2*1-4-14-31(15-5-1)32-16-12-22-37(28-32)43(35-18-6-2-7-19-35)38-23-13-17-33(29-38)34-26-27-42-40(30-34)39-24-10-11-25-41(39)44(42)36-20-8-3-9-21-36/h2*1-30H/i12D,13D,16D,17D,22D,23D,28D,29D;13D,17D,23D,29D. The number of hydrogen-bond acceptors (Lipinski definition) is 2. The fourth-order valence-corrected chi connectivity index (χ4v) is 11.7. The van der Waals surface area contributed by atoms with E-state index < -0.39 is 24.2 Å². The SMILES string of the molecule is [2H]c1c([2H])c(-c2ccc3c(c2)c2ccccc2n3-c2ccccc2)c([2H])c(N(c2ccccc2)c2cccc(-c3ccccc3)c2)c1[2H].[2H]c1c([2H])c(-c2ccccc2)c([2H])c(N(c2ccccc2)c2c([2H])c([2H])c([2H])c(-c3ccc4c(c3)c3ccccc3n4-c3ccccc3)c2[2H])c1[2H].